The second-order valence-corrected chi connectivity index (χ2v) is 9.54. The number of rotatable bonds is 6. The predicted octanol–water partition coefficient (Wildman–Crippen LogP) is 3.95. The van der Waals surface area contributed by atoms with Crippen LogP contribution in [-0.4, -0.2) is 27.1 Å². The molecule has 0 aliphatic rings. The van der Waals surface area contributed by atoms with Crippen LogP contribution in [0.4, 0.5) is 11.4 Å². The molecule has 0 fully saturated rings. The summed E-state index contributed by atoms with van der Waals surface area (Å²) in [4.78, 5) is 12.5. The van der Waals surface area contributed by atoms with Gasteiger partial charge in [0.25, 0.3) is 0 Å². The van der Waals surface area contributed by atoms with Crippen molar-refractivity contribution < 1.29 is 13.2 Å². The molecular weight excluding hydrogens is 360 g/mol. The molecule has 0 aliphatic carbocycles. The molecule has 0 radical (unpaired) electrons. The maximum Gasteiger partial charge on any atom is 0.245 e. The highest BCUT2D eigenvalue weighted by Gasteiger charge is 2.27. The molecule has 2 rings (SSSR count). The van der Waals surface area contributed by atoms with Crippen molar-refractivity contribution in [2.45, 2.75) is 39.5 Å². The maximum absolute atomic E-state index is 12.5. The molecule has 0 saturated heterocycles. The van der Waals surface area contributed by atoms with E-state index in [1.807, 2.05) is 57.2 Å². The molecule has 0 unspecified atom stereocenters. The standard InChI is InChI=1S/C21H28N2O3S/c1-6-16-11-13-17(14-12-16)22-20(24)15-23(27(5,25)26)19-10-8-7-9-18(19)21(2,3)4/h7-14H,6,15H2,1-5H3,(H,22,24). The molecule has 2 aromatic rings. The number of anilines is 2. The molecule has 0 aromatic heterocycles. The molecular formula is C21H28N2O3S. The predicted molar refractivity (Wildman–Crippen MR) is 112 cm³/mol. The number of hydrogen-bond acceptors (Lipinski definition) is 3. The van der Waals surface area contributed by atoms with E-state index < -0.39 is 10.0 Å². The van der Waals surface area contributed by atoms with E-state index in [-0.39, 0.29) is 17.9 Å². The summed E-state index contributed by atoms with van der Waals surface area (Å²) in [6, 6.07) is 14.8. The van der Waals surface area contributed by atoms with Gasteiger partial charge in [0.15, 0.2) is 0 Å². The van der Waals surface area contributed by atoms with Gasteiger partial charge in [-0.15, -0.1) is 0 Å². The number of benzene rings is 2. The zero-order chi connectivity index (χ0) is 20.2. The van der Waals surface area contributed by atoms with Gasteiger partial charge in [0.05, 0.1) is 11.9 Å². The van der Waals surface area contributed by atoms with E-state index in [4.69, 9.17) is 0 Å². The quantitative estimate of drug-likeness (QED) is 0.815. The first kappa shape index (κ1) is 21.0. The Morgan fingerprint density at radius 3 is 2.15 bits per heavy atom. The first-order valence-electron chi connectivity index (χ1n) is 8.98. The Balaban J connectivity index is 2.29. The van der Waals surface area contributed by atoms with E-state index in [9.17, 15) is 13.2 Å². The number of sulfonamides is 1. The zero-order valence-corrected chi connectivity index (χ0v) is 17.4. The van der Waals surface area contributed by atoms with Crippen LogP contribution < -0.4 is 9.62 Å². The Hall–Kier alpha value is -2.34. The van der Waals surface area contributed by atoms with Crippen LogP contribution in [0, 0.1) is 0 Å². The van der Waals surface area contributed by atoms with Gasteiger partial charge < -0.3 is 5.32 Å². The first-order valence-corrected chi connectivity index (χ1v) is 10.8. The number of carbonyl (C=O) groups excluding carboxylic acids is 1. The van der Waals surface area contributed by atoms with Gasteiger partial charge in [-0.1, -0.05) is 58.0 Å². The van der Waals surface area contributed by atoms with Gasteiger partial charge in [0.2, 0.25) is 15.9 Å². The average Bonchev–Trinajstić information content (AvgIpc) is 2.58. The van der Waals surface area contributed by atoms with E-state index in [1.54, 1.807) is 12.1 Å². The highest BCUT2D eigenvalue weighted by atomic mass is 32.2. The number of carbonyl (C=O) groups is 1. The molecule has 1 N–H and O–H groups in total. The summed E-state index contributed by atoms with van der Waals surface area (Å²) < 4.78 is 26.0. The zero-order valence-electron chi connectivity index (χ0n) is 16.6. The minimum absolute atomic E-state index is 0.258. The number of nitrogens with zero attached hydrogens (tertiary/aromatic N) is 1. The smallest absolute Gasteiger partial charge is 0.245 e. The van der Waals surface area contributed by atoms with Crippen LogP contribution in [0.2, 0.25) is 0 Å². The van der Waals surface area contributed by atoms with Crippen molar-refractivity contribution in [2.24, 2.45) is 0 Å². The van der Waals surface area contributed by atoms with Gasteiger partial charge in [0.1, 0.15) is 6.54 Å². The van der Waals surface area contributed by atoms with E-state index in [1.165, 1.54) is 9.87 Å². The Labute approximate surface area is 162 Å². The topological polar surface area (TPSA) is 66.5 Å². The largest absolute Gasteiger partial charge is 0.325 e. The van der Waals surface area contributed by atoms with Crippen LogP contribution in [0.3, 0.4) is 0 Å². The maximum atomic E-state index is 12.5. The van der Waals surface area contributed by atoms with Crippen molar-refractivity contribution in [1.29, 1.82) is 0 Å². The third-order valence-electron chi connectivity index (χ3n) is 4.31. The van der Waals surface area contributed by atoms with Crippen LogP contribution in [-0.2, 0) is 26.7 Å². The number of amides is 1. The summed E-state index contributed by atoms with van der Waals surface area (Å²) in [6.45, 7) is 7.83. The molecule has 0 spiro atoms. The monoisotopic (exact) mass is 388 g/mol. The van der Waals surface area contributed by atoms with E-state index in [0.29, 0.717) is 11.4 Å². The van der Waals surface area contributed by atoms with Crippen LogP contribution >= 0.6 is 0 Å². The first-order chi connectivity index (χ1) is 12.5. The number of hydrogen-bond donors (Lipinski definition) is 1. The third kappa shape index (κ3) is 5.57. The average molecular weight is 389 g/mol. The van der Waals surface area contributed by atoms with Crippen molar-refractivity contribution in [2.75, 3.05) is 22.4 Å². The lowest BCUT2D eigenvalue weighted by molar-refractivity contribution is -0.114. The van der Waals surface area contributed by atoms with Gasteiger partial charge in [-0.2, -0.15) is 0 Å². The van der Waals surface area contributed by atoms with Crippen molar-refractivity contribution in [1.82, 2.24) is 0 Å². The van der Waals surface area contributed by atoms with Crippen LogP contribution in [0.15, 0.2) is 48.5 Å². The SMILES string of the molecule is CCc1ccc(NC(=O)CN(c2ccccc2C(C)(C)C)S(C)(=O)=O)cc1. The Morgan fingerprint density at radius 1 is 1.04 bits per heavy atom. The molecule has 1 amide bonds. The molecule has 0 atom stereocenters. The van der Waals surface area contributed by atoms with Gasteiger partial charge in [-0.3, -0.25) is 9.10 Å². The summed E-state index contributed by atoms with van der Waals surface area (Å²) >= 11 is 0. The summed E-state index contributed by atoms with van der Waals surface area (Å²) in [5, 5.41) is 2.78. The van der Waals surface area contributed by atoms with Gasteiger partial charge in [0, 0.05) is 5.69 Å². The van der Waals surface area contributed by atoms with E-state index in [0.717, 1.165) is 18.2 Å². The number of nitrogens with one attached hydrogen (secondary N) is 1. The molecule has 5 nitrogen and oxygen atoms in total. The van der Waals surface area contributed by atoms with Crippen LogP contribution in [0.5, 0.6) is 0 Å². The Bertz CT molecular complexity index is 898. The molecule has 146 valence electrons. The van der Waals surface area contributed by atoms with E-state index >= 15 is 0 Å². The van der Waals surface area contributed by atoms with Gasteiger partial charge >= 0.3 is 0 Å². The lowest BCUT2D eigenvalue weighted by Gasteiger charge is -2.29. The molecule has 27 heavy (non-hydrogen) atoms. The molecule has 2 aromatic carbocycles. The van der Waals surface area contributed by atoms with Crippen LogP contribution in [0.1, 0.15) is 38.8 Å². The Kier molecular flexibility index (Phi) is 6.31. The summed E-state index contributed by atoms with van der Waals surface area (Å²) in [7, 11) is -3.63. The summed E-state index contributed by atoms with van der Waals surface area (Å²) in [6.07, 6.45) is 2.04. The van der Waals surface area contributed by atoms with Crippen molar-refractivity contribution >= 4 is 27.3 Å². The highest BCUT2D eigenvalue weighted by Crippen LogP contribution is 2.33. The van der Waals surface area contributed by atoms with Crippen molar-refractivity contribution in [3.63, 3.8) is 0 Å². The minimum Gasteiger partial charge on any atom is -0.325 e. The molecule has 0 saturated carbocycles. The van der Waals surface area contributed by atoms with E-state index in [2.05, 4.69) is 12.2 Å². The highest BCUT2D eigenvalue weighted by molar-refractivity contribution is 7.92. The number of aryl methyl sites for hydroxylation is 1. The van der Waals surface area contributed by atoms with Gasteiger partial charge in [-0.25, -0.2) is 8.42 Å². The van der Waals surface area contributed by atoms with Gasteiger partial charge in [-0.05, 0) is 41.2 Å². The molecule has 6 heteroatoms. The number of para-hydroxylation sites is 1. The lowest BCUT2D eigenvalue weighted by Crippen LogP contribution is -2.38. The normalized spacial score (nSPS) is 11.9. The lowest BCUT2D eigenvalue weighted by atomic mass is 9.86. The molecule has 0 bridgehead atoms. The van der Waals surface area contributed by atoms with Crippen molar-refractivity contribution in [3.05, 3.63) is 59.7 Å². The second-order valence-electron chi connectivity index (χ2n) is 7.64. The summed E-state index contributed by atoms with van der Waals surface area (Å²) in [5.74, 6) is -0.381. The fraction of sp³-hybridized carbons (Fsp3) is 0.381. The summed E-state index contributed by atoms with van der Waals surface area (Å²) in [5.41, 5.74) is 2.96. The fourth-order valence-corrected chi connectivity index (χ4v) is 3.73. The van der Waals surface area contributed by atoms with Crippen LogP contribution in [0.25, 0.3) is 0 Å². The Morgan fingerprint density at radius 2 is 1.63 bits per heavy atom. The molecule has 0 aliphatic heterocycles. The minimum atomic E-state index is -3.63. The second kappa shape index (κ2) is 8.13. The molecule has 0 heterocycles. The fourth-order valence-electron chi connectivity index (χ4n) is 2.86. The van der Waals surface area contributed by atoms with Crippen molar-refractivity contribution in [3.8, 4) is 0 Å². The third-order valence-corrected chi connectivity index (χ3v) is 5.44.